The van der Waals surface area contributed by atoms with Gasteiger partial charge >= 0.3 is 0 Å². The molecule has 0 aliphatic carbocycles. The van der Waals surface area contributed by atoms with Crippen LogP contribution >= 0.6 is 11.6 Å². The SMILES string of the molecule is C[C@H](NC(=O)COc1ccc(C(=O)c2ccc(F)cc2)cc1)c1cccc(Cl)c1. The Kier molecular flexibility index (Phi) is 6.62. The molecule has 4 nitrogen and oxygen atoms in total. The molecular weight excluding hydrogens is 393 g/mol. The minimum atomic E-state index is -0.395. The van der Waals surface area contributed by atoms with E-state index in [1.165, 1.54) is 24.3 Å². The van der Waals surface area contributed by atoms with Crippen LogP contribution in [0.2, 0.25) is 5.02 Å². The highest BCUT2D eigenvalue weighted by Gasteiger charge is 2.12. The smallest absolute Gasteiger partial charge is 0.258 e. The lowest BCUT2D eigenvalue weighted by Gasteiger charge is -2.15. The molecule has 1 N–H and O–H groups in total. The van der Waals surface area contributed by atoms with Gasteiger partial charge in [0.05, 0.1) is 6.04 Å². The van der Waals surface area contributed by atoms with Crippen molar-refractivity contribution < 1.29 is 18.7 Å². The fourth-order valence-electron chi connectivity index (χ4n) is 2.76. The average molecular weight is 412 g/mol. The summed E-state index contributed by atoms with van der Waals surface area (Å²) in [5, 5.41) is 3.45. The molecule has 0 fully saturated rings. The highest BCUT2D eigenvalue weighted by molar-refractivity contribution is 6.30. The summed E-state index contributed by atoms with van der Waals surface area (Å²) in [6.07, 6.45) is 0. The van der Waals surface area contributed by atoms with E-state index in [1.807, 2.05) is 19.1 Å². The van der Waals surface area contributed by atoms with Gasteiger partial charge in [-0.3, -0.25) is 9.59 Å². The molecule has 1 amide bonds. The number of nitrogens with one attached hydrogen (secondary N) is 1. The van der Waals surface area contributed by atoms with Crippen molar-refractivity contribution in [2.45, 2.75) is 13.0 Å². The summed E-state index contributed by atoms with van der Waals surface area (Å²) >= 11 is 5.97. The molecule has 0 heterocycles. The minimum Gasteiger partial charge on any atom is -0.484 e. The third kappa shape index (κ3) is 5.65. The molecule has 29 heavy (non-hydrogen) atoms. The molecule has 0 saturated carbocycles. The van der Waals surface area contributed by atoms with Crippen LogP contribution in [0.1, 0.15) is 34.5 Å². The molecule has 3 aromatic carbocycles. The molecule has 1 atom stereocenters. The summed E-state index contributed by atoms with van der Waals surface area (Å²) in [6.45, 7) is 1.70. The second kappa shape index (κ2) is 9.34. The van der Waals surface area contributed by atoms with Gasteiger partial charge in [-0.2, -0.15) is 0 Å². The average Bonchev–Trinajstić information content (AvgIpc) is 2.72. The number of benzene rings is 3. The number of halogens is 2. The van der Waals surface area contributed by atoms with Crippen LogP contribution < -0.4 is 10.1 Å². The van der Waals surface area contributed by atoms with E-state index in [1.54, 1.807) is 36.4 Å². The third-order valence-corrected chi connectivity index (χ3v) is 4.55. The Hall–Kier alpha value is -3.18. The Morgan fingerprint density at radius 2 is 1.62 bits per heavy atom. The monoisotopic (exact) mass is 411 g/mol. The van der Waals surface area contributed by atoms with Gasteiger partial charge in [-0.15, -0.1) is 0 Å². The highest BCUT2D eigenvalue weighted by Crippen LogP contribution is 2.18. The Balaban J connectivity index is 1.53. The molecule has 0 unspecified atom stereocenters. The minimum absolute atomic E-state index is 0.157. The fraction of sp³-hybridized carbons (Fsp3) is 0.130. The first-order valence-electron chi connectivity index (χ1n) is 9.00. The van der Waals surface area contributed by atoms with Gasteiger partial charge < -0.3 is 10.1 Å². The van der Waals surface area contributed by atoms with Crippen LogP contribution in [-0.4, -0.2) is 18.3 Å². The summed E-state index contributed by atoms with van der Waals surface area (Å²) in [6, 6.07) is 18.9. The summed E-state index contributed by atoms with van der Waals surface area (Å²) < 4.78 is 18.5. The van der Waals surface area contributed by atoms with E-state index in [0.717, 1.165) is 5.56 Å². The molecule has 0 radical (unpaired) electrons. The van der Waals surface area contributed by atoms with Crippen molar-refractivity contribution in [3.8, 4) is 5.75 Å². The highest BCUT2D eigenvalue weighted by atomic mass is 35.5. The normalized spacial score (nSPS) is 11.6. The first-order valence-corrected chi connectivity index (χ1v) is 9.38. The zero-order valence-corrected chi connectivity index (χ0v) is 16.4. The zero-order chi connectivity index (χ0) is 20.8. The van der Waals surface area contributed by atoms with E-state index in [4.69, 9.17) is 16.3 Å². The van der Waals surface area contributed by atoms with Crippen LogP contribution in [0.4, 0.5) is 4.39 Å². The Morgan fingerprint density at radius 1 is 1.00 bits per heavy atom. The van der Waals surface area contributed by atoms with Gasteiger partial charge in [0.2, 0.25) is 0 Å². The van der Waals surface area contributed by atoms with Crippen LogP contribution in [0.5, 0.6) is 5.75 Å². The van der Waals surface area contributed by atoms with Crippen LogP contribution in [0.25, 0.3) is 0 Å². The molecule has 0 spiro atoms. The molecule has 0 aliphatic rings. The predicted octanol–water partition coefficient (Wildman–Crippen LogP) is 4.97. The van der Waals surface area contributed by atoms with Gasteiger partial charge in [-0.05, 0) is 73.2 Å². The largest absolute Gasteiger partial charge is 0.484 e. The summed E-state index contributed by atoms with van der Waals surface area (Å²) in [4.78, 5) is 24.5. The van der Waals surface area contributed by atoms with E-state index < -0.39 is 5.82 Å². The number of carbonyl (C=O) groups excluding carboxylic acids is 2. The molecule has 0 aromatic heterocycles. The number of ether oxygens (including phenoxy) is 1. The summed E-state index contributed by atoms with van der Waals surface area (Å²) in [5.74, 6) is -0.423. The maximum Gasteiger partial charge on any atom is 0.258 e. The van der Waals surface area contributed by atoms with E-state index in [0.29, 0.717) is 21.9 Å². The maximum absolute atomic E-state index is 13.0. The number of carbonyl (C=O) groups is 2. The standard InChI is InChI=1S/C23H19ClFNO3/c1-15(18-3-2-4-19(24)13-18)26-22(27)14-29-21-11-7-17(8-12-21)23(28)16-5-9-20(25)10-6-16/h2-13,15H,14H2,1H3,(H,26,27)/t15-/m0/s1. The van der Waals surface area contributed by atoms with Crippen molar-refractivity contribution in [1.82, 2.24) is 5.32 Å². The van der Waals surface area contributed by atoms with Crippen molar-refractivity contribution in [3.05, 3.63) is 100 Å². The van der Waals surface area contributed by atoms with Gasteiger partial charge in [0.15, 0.2) is 12.4 Å². The van der Waals surface area contributed by atoms with Gasteiger partial charge in [0.1, 0.15) is 11.6 Å². The van der Waals surface area contributed by atoms with E-state index in [-0.39, 0.29) is 24.3 Å². The number of hydrogen-bond donors (Lipinski definition) is 1. The number of rotatable bonds is 7. The molecule has 0 saturated heterocycles. The first-order chi connectivity index (χ1) is 13.9. The Labute approximate surface area is 173 Å². The molecule has 3 rings (SSSR count). The van der Waals surface area contributed by atoms with Crippen molar-refractivity contribution in [3.63, 3.8) is 0 Å². The van der Waals surface area contributed by atoms with E-state index in [9.17, 15) is 14.0 Å². The first kappa shape index (κ1) is 20.6. The quantitative estimate of drug-likeness (QED) is 0.559. The van der Waals surface area contributed by atoms with Crippen LogP contribution in [0.3, 0.4) is 0 Å². The maximum atomic E-state index is 13.0. The second-order valence-electron chi connectivity index (χ2n) is 6.49. The Bertz CT molecular complexity index is 1000. The number of hydrogen-bond acceptors (Lipinski definition) is 3. The van der Waals surface area contributed by atoms with Crippen molar-refractivity contribution in [2.24, 2.45) is 0 Å². The third-order valence-electron chi connectivity index (χ3n) is 4.32. The lowest BCUT2D eigenvalue weighted by atomic mass is 10.0. The molecule has 0 bridgehead atoms. The van der Waals surface area contributed by atoms with E-state index >= 15 is 0 Å². The number of amides is 1. The van der Waals surface area contributed by atoms with E-state index in [2.05, 4.69) is 5.32 Å². The lowest BCUT2D eigenvalue weighted by Crippen LogP contribution is -2.31. The van der Waals surface area contributed by atoms with Gasteiger partial charge in [0, 0.05) is 16.1 Å². The zero-order valence-electron chi connectivity index (χ0n) is 15.7. The molecular formula is C23H19ClFNO3. The van der Waals surface area contributed by atoms with Gasteiger partial charge in [-0.1, -0.05) is 23.7 Å². The fourth-order valence-corrected chi connectivity index (χ4v) is 2.96. The Morgan fingerprint density at radius 3 is 2.24 bits per heavy atom. The lowest BCUT2D eigenvalue weighted by molar-refractivity contribution is -0.123. The molecule has 3 aromatic rings. The molecule has 148 valence electrons. The van der Waals surface area contributed by atoms with Crippen molar-refractivity contribution >= 4 is 23.3 Å². The van der Waals surface area contributed by atoms with Gasteiger partial charge in [-0.25, -0.2) is 4.39 Å². The second-order valence-corrected chi connectivity index (χ2v) is 6.93. The topological polar surface area (TPSA) is 55.4 Å². The summed E-state index contributed by atoms with van der Waals surface area (Å²) in [5.41, 5.74) is 1.74. The van der Waals surface area contributed by atoms with Crippen LogP contribution in [-0.2, 0) is 4.79 Å². The molecule has 6 heteroatoms. The van der Waals surface area contributed by atoms with Gasteiger partial charge in [0.25, 0.3) is 5.91 Å². The van der Waals surface area contributed by atoms with Crippen LogP contribution in [0.15, 0.2) is 72.8 Å². The number of ketones is 1. The van der Waals surface area contributed by atoms with Crippen molar-refractivity contribution in [2.75, 3.05) is 6.61 Å². The molecule has 0 aliphatic heterocycles. The summed E-state index contributed by atoms with van der Waals surface area (Å²) in [7, 11) is 0. The van der Waals surface area contributed by atoms with Crippen molar-refractivity contribution in [1.29, 1.82) is 0 Å². The predicted molar refractivity (Wildman–Crippen MR) is 110 cm³/mol. The van der Waals surface area contributed by atoms with Crippen LogP contribution in [0, 0.1) is 5.82 Å².